The van der Waals surface area contributed by atoms with E-state index in [-0.39, 0.29) is 19.1 Å². The Bertz CT molecular complexity index is 794. The first-order valence-electron chi connectivity index (χ1n) is 9.33. The van der Waals surface area contributed by atoms with E-state index in [1.165, 1.54) is 6.42 Å². The molecule has 0 atom stereocenters. The molecule has 1 aliphatic heterocycles. The summed E-state index contributed by atoms with van der Waals surface area (Å²) in [6.07, 6.45) is 3.51. The van der Waals surface area contributed by atoms with E-state index in [1.54, 1.807) is 24.3 Å². The molecule has 9 heteroatoms. The van der Waals surface area contributed by atoms with Gasteiger partial charge in [-0.25, -0.2) is 0 Å². The van der Waals surface area contributed by atoms with Crippen LogP contribution < -0.4 is 19.9 Å². The molecule has 150 valence electrons. The molecule has 28 heavy (non-hydrogen) atoms. The molecule has 0 aliphatic carbocycles. The molecular formula is C19H25ClN6O2. The summed E-state index contributed by atoms with van der Waals surface area (Å²) in [5.41, 5.74) is 0. The lowest BCUT2D eigenvalue weighted by molar-refractivity contribution is -0.123. The first kappa shape index (κ1) is 20.1. The van der Waals surface area contributed by atoms with E-state index in [1.807, 2.05) is 19.0 Å². The van der Waals surface area contributed by atoms with Gasteiger partial charge in [0.25, 0.3) is 5.91 Å². The number of hydrogen-bond acceptors (Lipinski definition) is 7. The van der Waals surface area contributed by atoms with Crippen molar-refractivity contribution in [3.05, 3.63) is 35.1 Å². The molecule has 1 N–H and O–H groups in total. The number of benzene rings is 1. The van der Waals surface area contributed by atoms with E-state index in [2.05, 4.69) is 25.2 Å². The van der Waals surface area contributed by atoms with Crippen LogP contribution in [0.15, 0.2) is 24.3 Å². The Morgan fingerprint density at radius 3 is 2.54 bits per heavy atom. The fourth-order valence-electron chi connectivity index (χ4n) is 2.82. The van der Waals surface area contributed by atoms with Gasteiger partial charge in [-0.15, -0.1) is 0 Å². The lowest BCUT2D eigenvalue weighted by atomic mass is 10.1. The summed E-state index contributed by atoms with van der Waals surface area (Å²) < 4.78 is 5.45. The molecule has 0 spiro atoms. The van der Waals surface area contributed by atoms with Crippen LogP contribution in [0.4, 0.5) is 11.9 Å². The molecule has 0 bridgehead atoms. The minimum atomic E-state index is -0.249. The van der Waals surface area contributed by atoms with E-state index >= 15 is 0 Å². The predicted octanol–water partition coefficient (Wildman–Crippen LogP) is 2.28. The molecule has 0 radical (unpaired) electrons. The topological polar surface area (TPSA) is 83.5 Å². The minimum absolute atomic E-state index is 0.0910. The highest BCUT2D eigenvalue weighted by molar-refractivity contribution is 6.30. The third-order valence-electron chi connectivity index (χ3n) is 4.32. The molecule has 1 amide bonds. The van der Waals surface area contributed by atoms with Gasteiger partial charge in [0.15, 0.2) is 12.4 Å². The maximum Gasteiger partial charge on any atom is 0.258 e. The molecule has 2 heterocycles. The van der Waals surface area contributed by atoms with Crippen LogP contribution in [-0.4, -0.2) is 54.7 Å². The third-order valence-corrected chi connectivity index (χ3v) is 4.58. The van der Waals surface area contributed by atoms with Gasteiger partial charge in [-0.2, -0.15) is 15.0 Å². The Hall–Kier alpha value is -2.61. The Morgan fingerprint density at radius 1 is 1.14 bits per heavy atom. The molecule has 1 fully saturated rings. The normalized spacial score (nSPS) is 13.9. The highest BCUT2D eigenvalue weighted by Gasteiger charge is 2.17. The van der Waals surface area contributed by atoms with Crippen LogP contribution in [0.2, 0.25) is 5.02 Å². The number of amides is 1. The summed E-state index contributed by atoms with van der Waals surface area (Å²) in [6, 6.07) is 6.86. The van der Waals surface area contributed by atoms with Gasteiger partial charge in [-0.1, -0.05) is 11.6 Å². The lowest BCUT2D eigenvalue weighted by Gasteiger charge is -2.27. The Balaban J connectivity index is 1.59. The molecule has 0 saturated carbocycles. The predicted molar refractivity (Wildman–Crippen MR) is 109 cm³/mol. The van der Waals surface area contributed by atoms with Gasteiger partial charge in [-0.3, -0.25) is 4.79 Å². The zero-order valence-corrected chi connectivity index (χ0v) is 16.9. The lowest BCUT2D eigenvalue weighted by Crippen LogP contribution is -2.33. The summed E-state index contributed by atoms with van der Waals surface area (Å²) in [7, 11) is 3.77. The Kier molecular flexibility index (Phi) is 6.86. The van der Waals surface area contributed by atoms with Gasteiger partial charge in [0.05, 0.1) is 6.54 Å². The smallest absolute Gasteiger partial charge is 0.258 e. The van der Waals surface area contributed by atoms with E-state index in [0.717, 1.165) is 25.9 Å². The van der Waals surface area contributed by atoms with Gasteiger partial charge in [0.2, 0.25) is 11.9 Å². The van der Waals surface area contributed by atoms with Crippen molar-refractivity contribution >= 4 is 29.4 Å². The van der Waals surface area contributed by atoms with Crippen molar-refractivity contribution in [3.8, 4) is 5.75 Å². The summed E-state index contributed by atoms with van der Waals surface area (Å²) in [6.45, 7) is 2.01. The van der Waals surface area contributed by atoms with Gasteiger partial charge in [0.1, 0.15) is 5.75 Å². The van der Waals surface area contributed by atoms with Gasteiger partial charge >= 0.3 is 0 Å². The molecule has 1 aromatic heterocycles. The summed E-state index contributed by atoms with van der Waals surface area (Å²) >= 11 is 5.84. The molecule has 1 saturated heterocycles. The van der Waals surface area contributed by atoms with E-state index in [4.69, 9.17) is 16.3 Å². The van der Waals surface area contributed by atoms with Gasteiger partial charge in [0, 0.05) is 32.2 Å². The van der Waals surface area contributed by atoms with Crippen LogP contribution in [0.5, 0.6) is 5.75 Å². The number of nitrogens with one attached hydrogen (secondary N) is 1. The number of halogens is 1. The van der Waals surface area contributed by atoms with Crippen molar-refractivity contribution in [2.45, 2.75) is 25.8 Å². The zero-order chi connectivity index (χ0) is 19.9. The largest absolute Gasteiger partial charge is 0.484 e. The number of rotatable bonds is 7. The quantitative estimate of drug-likeness (QED) is 0.757. The Labute approximate surface area is 169 Å². The molecule has 8 nitrogen and oxygen atoms in total. The second-order valence-electron chi connectivity index (χ2n) is 6.81. The number of hydrogen-bond donors (Lipinski definition) is 1. The second kappa shape index (κ2) is 9.54. The average Bonchev–Trinajstić information content (AvgIpc) is 2.72. The molecule has 0 unspecified atom stereocenters. The molecule has 1 aliphatic rings. The van der Waals surface area contributed by atoms with Crippen LogP contribution in [0.1, 0.15) is 25.1 Å². The fourth-order valence-corrected chi connectivity index (χ4v) is 2.94. The van der Waals surface area contributed by atoms with Crippen LogP contribution in [-0.2, 0) is 11.3 Å². The summed E-state index contributed by atoms with van der Waals surface area (Å²) in [4.78, 5) is 29.6. The average molecular weight is 405 g/mol. The van der Waals surface area contributed by atoms with Crippen molar-refractivity contribution in [2.75, 3.05) is 43.6 Å². The monoisotopic (exact) mass is 404 g/mol. The molecular weight excluding hydrogens is 380 g/mol. The molecule has 2 aromatic rings. The number of nitrogens with zero attached hydrogens (tertiary/aromatic N) is 5. The summed E-state index contributed by atoms with van der Waals surface area (Å²) in [5, 5.41) is 3.42. The number of carbonyl (C=O) groups excluding carboxylic acids is 1. The summed E-state index contributed by atoms with van der Waals surface area (Å²) in [5.74, 6) is 2.11. The van der Waals surface area contributed by atoms with Crippen molar-refractivity contribution < 1.29 is 9.53 Å². The van der Waals surface area contributed by atoms with Crippen LogP contribution in [0, 0.1) is 0 Å². The molecule has 3 rings (SSSR count). The second-order valence-corrected chi connectivity index (χ2v) is 7.25. The maximum atomic E-state index is 12.1. The van der Waals surface area contributed by atoms with Crippen molar-refractivity contribution in [1.82, 2.24) is 20.3 Å². The van der Waals surface area contributed by atoms with Crippen LogP contribution >= 0.6 is 11.6 Å². The maximum absolute atomic E-state index is 12.1. The SMILES string of the molecule is CN(C)c1nc(CNC(=O)COc2ccc(Cl)cc2)nc(N2CCCCC2)n1. The number of anilines is 2. The van der Waals surface area contributed by atoms with E-state index < -0.39 is 0 Å². The van der Waals surface area contributed by atoms with E-state index in [9.17, 15) is 4.79 Å². The minimum Gasteiger partial charge on any atom is -0.484 e. The van der Waals surface area contributed by atoms with Gasteiger partial charge in [-0.05, 0) is 43.5 Å². The Morgan fingerprint density at radius 2 is 1.86 bits per heavy atom. The first-order valence-corrected chi connectivity index (χ1v) is 9.71. The number of ether oxygens (including phenoxy) is 1. The third kappa shape index (κ3) is 5.69. The first-order chi connectivity index (χ1) is 13.5. The number of aromatic nitrogens is 3. The highest BCUT2D eigenvalue weighted by atomic mass is 35.5. The number of piperidine rings is 1. The fraction of sp³-hybridized carbons (Fsp3) is 0.474. The van der Waals surface area contributed by atoms with Crippen LogP contribution in [0.25, 0.3) is 0 Å². The van der Waals surface area contributed by atoms with E-state index in [0.29, 0.717) is 28.5 Å². The highest BCUT2D eigenvalue weighted by Crippen LogP contribution is 2.18. The standard InChI is InChI=1S/C19H25ClN6O2/c1-25(2)18-22-16(23-19(24-18)26-10-4-3-5-11-26)12-21-17(27)13-28-15-8-6-14(20)7-9-15/h6-9H,3-5,10-13H2,1-2H3,(H,21,27). The van der Waals surface area contributed by atoms with Crippen LogP contribution in [0.3, 0.4) is 0 Å². The van der Waals surface area contributed by atoms with Crippen molar-refractivity contribution in [1.29, 1.82) is 0 Å². The zero-order valence-electron chi connectivity index (χ0n) is 16.2. The van der Waals surface area contributed by atoms with Crippen molar-refractivity contribution in [2.24, 2.45) is 0 Å². The number of carbonyl (C=O) groups is 1. The van der Waals surface area contributed by atoms with Gasteiger partial charge < -0.3 is 19.9 Å². The van der Waals surface area contributed by atoms with Crippen molar-refractivity contribution in [3.63, 3.8) is 0 Å². The molecule has 1 aromatic carbocycles.